The number of aromatic nitrogens is 3. The first-order valence-electron chi connectivity index (χ1n) is 6.38. The maximum absolute atomic E-state index is 12.6. The Morgan fingerprint density at radius 2 is 1.95 bits per heavy atom. The fraction of sp³-hybridized carbons (Fsp3) is 0.143. The van der Waals surface area contributed by atoms with E-state index in [0.717, 1.165) is 28.7 Å². The van der Waals surface area contributed by atoms with Gasteiger partial charge in [-0.25, -0.2) is 4.98 Å². The van der Waals surface area contributed by atoms with E-state index in [1.54, 1.807) is 6.20 Å². The Morgan fingerprint density at radius 3 is 2.64 bits per heavy atom. The van der Waals surface area contributed by atoms with Crippen molar-refractivity contribution >= 4 is 28.1 Å². The quantitative estimate of drug-likeness (QED) is 0.675. The standard InChI is InChI=1S/C14H12F3N5/c1-7-2-10(3-8-5-20-22-12(7)8)21-13-11(18)4-9(6-19-13)14(15,16)17/h2-6H,18H2,1H3,(H,19,21)(H,20,22). The molecule has 0 saturated carbocycles. The molecule has 0 radical (unpaired) electrons. The van der Waals surface area contributed by atoms with E-state index in [2.05, 4.69) is 20.5 Å². The number of hydrogen-bond acceptors (Lipinski definition) is 4. The van der Waals surface area contributed by atoms with Crippen molar-refractivity contribution in [2.75, 3.05) is 11.1 Å². The van der Waals surface area contributed by atoms with Gasteiger partial charge in [-0.05, 0) is 30.7 Å². The van der Waals surface area contributed by atoms with Crippen LogP contribution in [0.5, 0.6) is 0 Å². The van der Waals surface area contributed by atoms with E-state index in [-0.39, 0.29) is 11.5 Å². The highest BCUT2D eigenvalue weighted by molar-refractivity contribution is 5.86. The van der Waals surface area contributed by atoms with Crippen molar-refractivity contribution in [1.29, 1.82) is 0 Å². The zero-order chi connectivity index (χ0) is 15.9. The number of aryl methyl sites for hydroxylation is 1. The van der Waals surface area contributed by atoms with Gasteiger partial charge < -0.3 is 11.1 Å². The average molecular weight is 307 g/mol. The first-order valence-corrected chi connectivity index (χ1v) is 6.38. The van der Waals surface area contributed by atoms with Crippen LogP contribution in [-0.2, 0) is 6.18 Å². The number of pyridine rings is 1. The third kappa shape index (κ3) is 2.54. The van der Waals surface area contributed by atoms with Crippen LogP contribution in [-0.4, -0.2) is 15.2 Å². The average Bonchev–Trinajstić information content (AvgIpc) is 2.88. The van der Waals surface area contributed by atoms with E-state index < -0.39 is 11.7 Å². The lowest BCUT2D eigenvalue weighted by Crippen LogP contribution is -2.08. The number of alkyl halides is 3. The summed E-state index contributed by atoms with van der Waals surface area (Å²) in [5.41, 5.74) is 7.23. The number of fused-ring (bicyclic) bond motifs is 1. The molecule has 22 heavy (non-hydrogen) atoms. The zero-order valence-electron chi connectivity index (χ0n) is 11.5. The van der Waals surface area contributed by atoms with Crippen LogP contribution in [0.4, 0.5) is 30.4 Å². The van der Waals surface area contributed by atoms with Crippen molar-refractivity contribution < 1.29 is 13.2 Å². The van der Waals surface area contributed by atoms with E-state index in [1.165, 1.54) is 0 Å². The molecule has 0 aliphatic rings. The molecule has 0 spiro atoms. The van der Waals surface area contributed by atoms with Crippen LogP contribution < -0.4 is 11.1 Å². The second-order valence-electron chi connectivity index (χ2n) is 4.91. The van der Waals surface area contributed by atoms with Gasteiger partial charge in [0.2, 0.25) is 0 Å². The molecule has 5 nitrogen and oxygen atoms in total. The molecule has 0 amide bonds. The minimum atomic E-state index is -4.47. The molecule has 0 bridgehead atoms. The molecule has 3 rings (SSSR count). The number of nitrogens with two attached hydrogens (primary N) is 1. The summed E-state index contributed by atoms with van der Waals surface area (Å²) in [7, 11) is 0. The number of benzene rings is 1. The normalized spacial score (nSPS) is 11.8. The second kappa shape index (κ2) is 4.90. The van der Waals surface area contributed by atoms with Crippen LogP contribution in [0.2, 0.25) is 0 Å². The summed E-state index contributed by atoms with van der Waals surface area (Å²) >= 11 is 0. The Balaban J connectivity index is 1.94. The smallest absolute Gasteiger partial charge is 0.396 e. The van der Waals surface area contributed by atoms with E-state index >= 15 is 0 Å². The summed E-state index contributed by atoms with van der Waals surface area (Å²) in [6.07, 6.45) is -2.05. The monoisotopic (exact) mass is 307 g/mol. The predicted octanol–water partition coefficient (Wildman–Crippen LogP) is 3.61. The molecule has 0 saturated heterocycles. The largest absolute Gasteiger partial charge is 0.417 e. The van der Waals surface area contributed by atoms with Crippen LogP contribution in [0, 0.1) is 6.92 Å². The Labute approximate surface area is 123 Å². The molecule has 8 heteroatoms. The zero-order valence-corrected chi connectivity index (χ0v) is 11.5. The first kappa shape index (κ1) is 14.2. The lowest BCUT2D eigenvalue weighted by molar-refractivity contribution is -0.137. The molecule has 2 aromatic heterocycles. The lowest BCUT2D eigenvalue weighted by atomic mass is 10.1. The number of anilines is 3. The van der Waals surface area contributed by atoms with E-state index in [0.29, 0.717) is 5.69 Å². The third-order valence-electron chi connectivity index (χ3n) is 3.25. The van der Waals surface area contributed by atoms with Gasteiger partial charge in [0.1, 0.15) is 0 Å². The fourth-order valence-electron chi connectivity index (χ4n) is 2.19. The van der Waals surface area contributed by atoms with Gasteiger partial charge in [-0.15, -0.1) is 0 Å². The third-order valence-corrected chi connectivity index (χ3v) is 3.25. The number of aromatic amines is 1. The van der Waals surface area contributed by atoms with Crippen molar-refractivity contribution in [3.63, 3.8) is 0 Å². The van der Waals surface area contributed by atoms with Gasteiger partial charge in [-0.1, -0.05) is 0 Å². The molecular formula is C14H12F3N5. The summed E-state index contributed by atoms with van der Waals surface area (Å²) in [6.45, 7) is 1.90. The Hall–Kier alpha value is -2.77. The molecule has 3 aromatic rings. The van der Waals surface area contributed by atoms with Gasteiger partial charge >= 0.3 is 6.18 Å². The Morgan fingerprint density at radius 1 is 1.18 bits per heavy atom. The molecular weight excluding hydrogens is 295 g/mol. The van der Waals surface area contributed by atoms with Crippen LogP contribution in [0.15, 0.2) is 30.6 Å². The Kier molecular flexibility index (Phi) is 3.16. The van der Waals surface area contributed by atoms with Crippen molar-refractivity contribution in [3.8, 4) is 0 Å². The maximum atomic E-state index is 12.6. The molecule has 0 atom stereocenters. The topological polar surface area (TPSA) is 79.6 Å². The van der Waals surface area contributed by atoms with Crippen LogP contribution in [0.1, 0.15) is 11.1 Å². The van der Waals surface area contributed by atoms with Gasteiger partial charge in [0, 0.05) is 17.3 Å². The van der Waals surface area contributed by atoms with Crippen molar-refractivity contribution in [2.45, 2.75) is 13.1 Å². The SMILES string of the molecule is Cc1cc(Nc2ncc(C(F)(F)F)cc2N)cc2cn[nH]c12. The lowest BCUT2D eigenvalue weighted by Gasteiger charge is -2.12. The van der Waals surface area contributed by atoms with Crippen molar-refractivity contribution in [2.24, 2.45) is 0 Å². The summed E-state index contributed by atoms with van der Waals surface area (Å²) in [6, 6.07) is 4.50. The minimum Gasteiger partial charge on any atom is -0.396 e. The summed E-state index contributed by atoms with van der Waals surface area (Å²) in [5, 5.41) is 10.6. The molecule has 0 aliphatic carbocycles. The molecule has 0 aliphatic heterocycles. The minimum absolute atomic E-state index is 0.0697. The number of halogens is 3. The second-order valence-corrected chi connectivity index (χ2v) is 4.91. The van der Waals surface area contributed by atoms with Crippen molar-refractivity contribution in [3.05, 3.63) is 41.7 Å². The van der Waals surface area contributed by atoms with E-state index in [4.69, 9.17) is 5.73 Å². The van der Waals surface area contributed by atoms with Gasteiger partial charge in [0.05, 0.1) is 23.0 Å². The van der Waals surface area contributed by atoms with Gasteiger partial charge in [-0.3, -0.25) is 5.10 Å². The number of rotatable bonds is 2. The summed E-state index contributed by atoms with van der Waals surface area (Å²) in [5.74, 6) is 0.176. The van der Waals surface area contributed by atoms with Crippen LogP contribution in [0.25, 0.3) is 10.9 Å². The summed E-state index contributed by atoms with van der Waals surface area (Å²) in [4.78, 5) is 3.76. The number of nitrogens with one attached hydrogen (secondary N) is 2. The maximum Gasteiger partial charge on any atom is 0.417 e. The molecule has 0 fully saturated rings. The molecule has 1 aromatic carbocycles. The highest BCUT2D eigenvalue weighted by Gasteiger charge is 2.31. The molecule has 0 unspecified atom stereocenters. The molecule has 114 valence electrons. The molecule has 4 N–H and O–H groups in total. The van der Waals surface area contributed by atoms with Gasteiger partial charge in [0.15, 0.2) is 5.82 Å². The van der Waals surface area contributed by atoms with Crippen LogP contribution in [0.3, 0.4) is 0 Å². The Bertz CT molecular complexity index is 838. The van der Waals surface area contributed by atoms with E-state index in [9.17, 15) is 13.2 Å². The summed E-state index contributed by atoms with van der Waals surface area (Å²) < 4.78 is 37.8. The number of hydrogen-bond donors (Lipinski definition) is 3. The highest BCUT2D eigenvalue weighted by atomic mass is 19.4. The first-order chi connectivity index (χ1) is 10.3. The van der Waals surface area contributed by atoms with Crippen LogP contribution >= 0.6 is 0 Å². The number of nitrogens with zero attached hydrogens (tertiary/aromatic N) is 2. The molecule has 2 heterocycles. The highest BCUT2D eigenvalue weighted by Crippen LogP contribution is 2.32. The fourth-order valence-corrected chi connectivity index (χ4v) is 2.19. The number of nitrogen functional groups attached to an aromatic ring is 1. The predicted molar refractivity (Wildman–Crippen MR) is 77.8 cm³/mol. The van der Waals surface area contributed by atoms with Gasteiger partial charge in [0.25, 0.3) is 0 Å². The van der Waals surface area contributed by atoms with E-state index in [1.807, 2.05) is 19.1 Å². The van der Waals surface area contributed by atoms with Gasteiger partial charge in [-0.2, -0.15) is 18.3 Å². The van der Waals surface area contributed by atoms with Crippen molar-refractivity contribution in [1.82, 2.24) is 15.2 Å². The number of H-pyrrole nitrogens is 1.